The first-order valence-corrected chi connectivity index (χ1v) is 16.0. The number of carbonyl (C=O) groups is 2. The van der Waals surface area contributed by atoms with E-state index in [1.54, 1.807) is 43.3 Å². The van der Waals surface area contributed by atoms with E-state index in [1.807, 2.05) is 54.6 Å². The fraction of sp³-hybridized carbons (Fsp3) is 0.235. The molecule has 2 amide bonds. The van der Waals surface area contributed by atoms with E-state index in [0.29, 0.717) is 54.4 Å². The largest absolute Gasteiger partial charge is 0.483 e. The van der Waals surface area contributed by atoms with Crippen molar-refractivity contribution in [1.82, 2.24) is 5.32 Å². The zero-order chi connectivity index (χ0) is 30.7. The lowest BCUT2D eigenvalue weighted by molar-refractivity contribution is -0.128. The van der Waals surface area contributed by atoms with Crippen molar-refractivity contribution in [2.45, 2.75) is 30.8 Å². The molecule has 2 heterocycles. The number of sulfonamides is 1. The van der Waals surface area contributed by atoms with Gasteiger partial charge in [0.15, 0.2) is 12.7 Å². The fourth-order valence-corrected chi connectivity index (χ4v) is 7.13. The third-order valence-corrected chi connectivity index (χ3v) is 9.66. The maximum Gasteiger partial charge on any atom is 0.265 e. The molecule has 0 aliphatic carbocycles. The van der Waals surface area contributed by atoms with E-state index in [2.05, 4.69) is 5.32 Å². The quantitative estimate of drug-likeness (QED) is 0.303. The highest BCUT2D eigenvalue weighted by atomic mass is 32.2. The molecule has 44 heavy (non-hydrogen) atoms. The van der Waals surface area contributed by atoms with Crippen molar-refractivity contribution in [2.75, 3.05) is 35.4 Å². The normalized spacial score (nSPS) is 15.6. The van der Waals surface area contributed by atoms with Gasteiger partial charge in [0.2, 0.25) is 0 Å². The number of carbonyl (C=O) groups excluding carboxylic acids is 2. The molecular weight excluding hydrogens is 578 g/mol. The second kappa shape index (κ2) is 12.4. The van der Waals surface area contributed by atoms with Gasteiger partial charge in [-0.05, 0) is 72.9 Å². The Morgan fingerprint density at radius 1 is 0.932 bits per heavy atom. The van der Waals surface area contributed by atoms with E-state index in [0.717, 1.165) is 11.1 Å². The van der Waals surface area contributed by atoms with E-state index in [4.69, 9.17) is 9.47 Å². The summed E-state index contributed by atoms with van der Waals surface area (Å²) in [7, 11) is -3.76. The number of fused-ring (bicyclic) bond motifs is 2. The van der Waals surface area contributed by atoms with E-state index in [1.165, 1.54) is 15.3 Å². The lowest BCUT2D eigenvalue weighted by Gasteiger charge is -2.34. The Hall–Kier alpha value is -4.83. The van der Waals surface area contributed by atoms with Gasteiger partial charge in [0, 0.05) is 13.1 Å². The SMILES string of the molecule is Cc1cc(S(=O)(=O)N2CCc3ccccc32)ccc1OCC(=O)N1CC(C(=O)NCCc2ccccc2)Oc2ccccc21. The van der Waals surface area contributed by atoms with Crippen LogP contribution in [0.3, 0.4) is 0 Å². The number of benzene rings is 4. The molecule has 0 bridgehead atoms. The molecule has 2 aliphatic heterocycles. The van der Waals surface area contributed by atoms with Crippen LogP contribution in [-0.2, 0) is 32.5 Å². The highest BCUT2D eigenvalue weighted by Gasteiger charge is 2.34. The van der Waals surface area contributed by atoms with Crippen LogP contribution in [0.15, 0.2) is 102 Å². The van der Waals surface area contributed by atoms with Crippen LogP contribution in [0.1, 0.15) is 16.7 Å². The highest BCUT2D eigenvalue weighted by molar-refractivity contribution is 7.92. The van der Waals surface area contributed by atoms with Crippen LogP contribution in [0.25, 0.3) is 0 Å². The molecule has 1 N–H and O–H groups in total. The molecule has 0 aromatic heterocycles. The smallest absolute Gasteiger partial charge is 0.265 e. The number of aryl methyl sites for hydroxylation is 1. The summed E-state index contributed by atoms with van der Waals surface area (Å²) in [6, 6.07) is 29.1. The van der Waals surface area contributed by atoms with Gasteiger partial charge in [-0.2, -0.15) is 0 Å². The Morgan fingerprint density at radius 3 is 2.45 bits per heavy atom. The van der Waals surface area contributed by atoms with Crippen LogP contribution >= 0.6 is 0 Å². The van der Waals surface area contributed by atoms with Gasteiger partial charge in [-0.25, -0.2) is 8.42 Å². The molecule has 1 unspecified atom stereocenters. The van der Waals surface area contributed by atoms with Gasteiger partial charge in [-0.3, -0.25) is 13.9 Å². The molecule has 9 nitrogen and oxygen atoms in total. The monoisotopic (exact) mass is 611 g/mol. The minimum absolute atomic E-state index is 0.0316. The number of rotatable bonds is 9. The summed E-state index contributed by atoms with van der Waals surface area (Å²) in [5.41, 5.74) is 3.95. The van der Waals surface area contributed by atoms with Gasteiger partial charge < -0.3 is 19.7 Å². The van der Waals surface area contributed by atoms with E-state index in [-0.39, 0.29) is 29.9 Å². The molecule has 1 atom stereocenters. The number of hydrogen-bond donors (Lipinski definition) is 1. The average Bonchev–Trinajstić information content (AvgIpc) is 3.49. The second-order valence-corrected chi connectivity index (χ2v) is 12.6. The predicted octanol–water partition coefficient (Wildman–Crippen LogP) is 4.28. The highest BCUT2D eigenvalue weighted by Crippen LogP contribution is 2.35. The number of para-hydroxylation sites is 3. The van der Waals surface area contributed by atoms with Crippen LogP contribution in [-0.4, -0.2) is 52.6 Å². The summed E-state index contributed by atoms with van der Waals surface area (Å²) < 4.78 is 40.2. The number of ether oxygens (including phenoxy) is 2. The summed E-state index contributed by atoms with van der Waals surface area (Å²) in [5, 5.41) is 2.91. The van der Waals surface area contributed by atoms with Crippen molar-refractivity contribution in [1.29, 1.82) is 0 Å². The third kappa shape index (κ3) is 5.98. The fourth-order valence-electron chi connectivity index (χ4n) is 5.54. The van der Waals surface area contributed by atoms with Gasteiger partial charge in [-0.1, -0.05) is 60.7 Å². The Balaban J connectivity index is 1.11. The standard InChI is InChI=1S/C34H33N3O6S/c1-24-21-27(44(40,41)37-20-18-26-11-5-6-12-28(26)37)15-16-30(24)42-23-33(38)36-22-32(43-31-14-8-7-13-29(31)36)34(39)35-19-17-25-9-3-2-4-10-25/h2-16,21,32H,17-20,22-23H2,1H3,(H,35,39). The molecular formula is C34H33N3O6S. The zero-order valence-corrected chi connectivity index (χ0v) is 25.1. The van der Waals surface area contributed by atoms with Gasteiger partial charge in [0.1, 0.15) is 11.5 Å². The molecule has 0 spiro atoms. The Labute approximate surface area is 257 Å². The maximum absolute atomic E-state index is 13.5. The first kappa shape index (κ1) is 29.3. The second-order valence-electron chi connectivity index (χ2n) is 10.8. The summed E-state index contributed by atoms with van der Waals surface area (Å²) in [5.74, 6) is 0.176. The van der Waals surface area contributed by atoms with Gasteiger partial charge in [-0.15, -0.1) is 0 Å². The molecule has 0 saturated carbocycles. The Bertz CT molecular complexity index is 1790. The van der Waals surface area contributed by atoms with Gasteiger partial charge in [0.25, 0.3) is 21.8 Å². The number of nitrogens with zero attached hydrogens (tertiary/aromatic N) is 2. The molecule has 0 radical (unpaired) electrons. The number of anilines is 2. The Kier molecular flexibility index (Phi) is 8.25. The topological polar surface area (TPSA) is 105 Å². The van der Waals surface area contributed by atoms with E-state index >= 15 is 0 Å². The first-order valence-electron chi connectivity index (χ1n) is 14.5. The van der Waals surface area contributed by atoms with Gasteiger partial charge >= 0.3 is 0 Å². The zero-order valence-electron chi connectivity index (χ0n) is 24.3. The van der Waals surface area contributed by atoms with Crippen molar-refractivity contribution < 1.29 is 27.5 Å². The van der Waals surface area contributed by atoms with E-state index < -0.39 is 16.1 Å². The molecule has 226 valence electrons. The molecule has 0 fully saturated rings. The summed E-state index contributed by atoms with van der Waals surface area (Å²) in [4.78, 5) is 28.1. The number of nitrogens with one attached hydrogen (secondary N) is 1. The molecule has 2 aliphatic rings. The average molecular weight is 612 g/mol. The molecule has 10 heteroatoms. The first-order chi connectivity index (χ1) is 21.3. The van der Waals surface area contributed by atoms with Crippen LogP contribution < -0.4 is 24.0 Å². The summed E-state index contributed by atoms with van der Waals surface area (Å²) >= 11 is 0. The Morgan fingerprint density at radius 2 is 1.66 bits per heavy atom. The predicted molar refractivity (Wildman–Crippen MR) is 168 cm³/mol. The van der Waals surface area contributed by atoms with Crippen molar-refractivity contribution in [3.05, 3.63) is 114 Å². The maximum atomic E-state index is 13.5. The summed E-state index contributed by atoms with van der Waals surface area (Å²) in [6.07, 6.45) is 0.460. The van der Waals surface area contributed by atoms with Crippen molar-refractivity contribution in [3.8, 4) is 11.5 Å². The minimum atomic E-state index is -3.76. The number of hydrogen-bond acceptors (Lipinski definition) is 6. The lowest BCUT2D eigenvalue weighted by Crippen LogP contribution is -2.52. The van der Waals surface area contributed by atoms with Crippen LogP contribution in [0, 0.1) is 6.92 Å². The third-order valence-electron chi connectivity index (χ3n) is 7.85. The minimum Gasteiger partial charge on any atom is -0.483 e. The van der Waals surface area contributed by atoms with Gasteiger partial charge in [0.05, 0.1) is 22.8 Å². The molecule has 6 rings (SSSR count). The van der Waals surface area contributed by atoms with Crippen molar-refractivity contribution in [2.24, 2.45) is 0 Å². The lowest BCUT2D eigenvalue weighted by atomic mass is 10.1. The summed E-state index contributed by atoms with van der Waals surface area (Å²) in [6.45, 7) is 2.31. The molecule has 0 saturated heterocycles. The molecule has 4 aromatic rings. The van der Waals surface area contributed by atoms with Crippen LogP contribution in [0.2, 0.25) is 0 Å². The van der Waals surface area contributed by atoms with Crippen LogP contribution in [0.5, 0.6) is 11.5 Å². The van der Waals surface area contributed by atoms with E-state index in [9.17, 15) is 18.0 Å². The van der Waals surface area contributed by atoms with Crippen LogP contribution in [0.4, 0.5) is 11.4 Å². The molecule has 4 aromatic carbocycles. The number of amides is 2. The van der Waals surface area contributed by atoms with Crippen molar-refractivity contribution >= 4 is 33.2 Å². The van der Waals surface area contributed by atoms with Crippen molar-refractivity contribution in [3.63, 3.8) is 0 Å².